The molecule has 1 aliphatic heterocycles. The summed E-state index contributed by atoms with van der Waals surface area (Å²) in [6, 6.07) is 8.27. The summed E-state index contributed by atoms with van der Waals surface area (Å²) in [5.74, 6) is 3.39. The minimum Gasteiger partial charge on any atom is -0.497 e. The van der Waals surface area contributed by atoms with E-state index in [1.807, 2.05) is 24.3 Å². The molecule has 0 aromatic heterocycles. The normalized spacial score (nSPS) is 30.8. The van der Waals surface area contributed by atoms with Gasteiger partial charge in [-0.05, 0) is 74.5 Å². The number of rotatable bonds is 5. The zero-order valence-corrected chi connectivity index (χ0v) is 16.0. The standard InChI is InChI=1S/C22H31NO3/c1-15(20-14-16-3-4-17(20)13-16)23-21(24)22(9-11-26-12-10-22)18-5-7-19(25-2)8-6-18/h5-8,15-17,20H,3-4,9-14H2,1-2H3,(H,23,24)/t15-,16+,17+,20-/m1/s1. The molecule has 4 heteroatoms. The van der Waals surface area contributed by atoms with Gasteiger partial charge in [0.15, 0.2) is 0 Å². The number of hydrogen-bond donors (Lipinski definition) is 1. The topological polar surface area (TPSA) is 47.6 Å². The lowest BCUT2D eigenvalue weighted by Crippen LogP contribution is -2.52. The molecule has 3 fully saturated rings. The highest BCUT2D eigenvalue weighted by molar-refractivity contribution is 5.88. The molecule has 1 amide bonds. The first-order valence-electron chi connectivity index (χ1n) is 10.2. The Bertz CT molecular complexity index is 635. The Morgan fingerprint density at radius 1 is 1.19 bits per heavy atom. The molecule has 4 atom stereocenters. The van der Waals surface area contributed by atoms with E-state index < -0.39 is 5.41 Å². The van der Waals surface area contributed by atoms with Crippen LogP contribution >= 0.6 is 0 Å². The minimum absolute atomic E-state index is 0.182. The molecule has 1 saturated heterocycles. The number of hydrogen-bond acceptors (Lipinski definition) is 3. The maximum absolute atomic E-state index is 13.5. The maximum atomic E-state index is 13.5. The summed E-state index contributed by atoms with van der Waals surface area (Å²) >= 11 is 0. The van der Waals surface area contributed by atoms with E-state index in [0.29, 0.717) is 19.1 Å². The summed E-state index contributed by atoms with van der Waals surface area (Å²) in [4.78, 5) is 13.5. The van der Waals surface area contributed by atoms with Gasteiger partial charge in [0, 0.05) is 19.3 Å². The first-order valence-corrected chi connectivity index (χ1v) is 10.2. The molecule has 1 heterocycles. The van der Waals surface area contributed by atoms with Crippen molar-refractivity contribution in [3.63, 3.8) is 0 Å². The zero-order valence-electron chi connectivity index (χ0n) is 16.0. The molecule has 26 heavy (non-hydrogen) atoms. The fourth-order valence-corrected chi connectivity index (χ4v) is 5.64. The van der Waals surface area contributed by atoms with Gasteiger partial charge in [-0.2, -0.15) is 0 Å². The van der Waals surface area contributed by atoms with Crippen molar-refractivity contribution in [3.05, 3.63) is 29.8 Å². The number of benzene rings is 1. The van der Waals surface area contributed by atoms with Crippen LogP contribution in [0.1, 0.15) is 51.0 Å². The Balaban J connectivity index is 1.52. The van der Waals surface area contributed by atoms with Gasteiger partial charge in [0.1, 0.15) is 5.75 Å². The summed E-state index contributed by atoms with van der Waals surface area (Å²) in [6.07, 6.45) is 6.91. The number of fused-ring (bicyclic) bond motifs is 2. The van der Waals surface area contributed by atoms with Crippen molar-refractivity contribution in [2.24, 2.45) is 17.8 Å². The van der Waals surface area contributed by atoms with E-state index >= 15 is 0 Å². The monoisotopic (exact) mass is 357 g/mol. The van der Waals surface area contributed by atoms with Crippen molar-refractivity contribution < 1.29 is 14.3 Å². The largest absolute Gasteiger partial charge is 0.497 e. The third kappa shape index (κ3) is 3.13. The molecule has 142 valence electrons. The summed E-state index contributed by atoms with van der Waals surface area (Å²) in [7, 11) is 1.67. The first kappa shape index (κ1) is 17.8. The second kappa shape index (κ2) is 7.22. The lowest BCUT2D eigenvalue weighted by molar-refractivity contribution is -0.131. The Morgan fingerprint density at radius 3 is 2.50 bits per heavy atom. The van der Waals surface area contributed by atoms with Crippen LogP contribution in [-0.4, -0.2) is 32.3 Å². The van der Waals surface area contributed by atoms with Crippen molar-refractivity contribution in [1.29, 1.82) is 0 Å². The lowest BCUT2D eigenvalue weighted by atomic mass is 9.73. The number of nitrogens with one attached hydrogen (secondary N) is 1. The van der Waals surface area contributed by atoms with Crippen LogP contribution in [0.4, 0.5) is 0 Å². The Kier molecular flexibility index (Phi) is 4.96. The molecular weight excluding hydrogens is 326 g/mol. The first-order chi connectivity index (χ1) is 12.6. The van der Waals surface area contributed by atoms with Crippen LogP contribution in [0.15, 0.2) is 24.3 Å². The lowest BCUT2D eigenvalue weighted by Gasteiger charge is -2.38. The highest BCUT2D eigenvalue weighted by Gasteiger charge is 2.45. The molecule has 4 nitrogen and oxygen atoms in total. The van der Waals surface area contributed by atoms with Crippen molar-refractivity contribution in [1.82, 2.24) is 5.32 Å². The fraction of sp³-hybridized carbons (Fsp3) is 0.682. The SMILES string of the molecule is COc1ccc(C2(C(=O)N[C@H](C)[C@H]3C[C@H]4CC[C@H]3C4)CCOCC2)cc1. The average Bonchev–Trinajstić information content (AvgIpc) is 3.32. The molecule has 4 rings (SSSR count). The van der Waals surface area contributed by atoms with Crippen molar-refractivity contribution in [2.75, 3.05) is 20.3 Å². The van der Waals surface area contributed by atoms with Gasteiger partial charge in [-0.25, -0.2) is 0 Å². The van der Waals surface area contributed by atoms with Gasteiger partial charge in [0.05, 0.1) is 12.5 Å². The summed E-state index contributed by atoms with van der Waals surface area (Å²) in [5, 5.41) is 3.42. The number of carbonyl (C=O) groups excluding carboxylic acids is 1. The van der Waals surface area contributed by atoms with Crippen molar-refractivity contribution in [2.45, 2.75) is 56.9 Å². The molecule has 0 unspecified atom stereocenters. The van der Waals surface area contributed by atoms with E-state index in [2.05, 4.69) is 12.2 Å². The highest BCUT2D eigenvalue weighted by Crippen LogP contribution is 2.49. The number of methoxy groups -OCH3 is 1. The zero-order chi connectivity index (χ0) is 18.1. The van der Waals surface area contributed by atoms with Gasteiger partial charge in [0.2, 0.25) is 5.91 Å². The second-order valence-electron chi connectivity index (χ2n) is 8.52. The van der Waals surface area contributed by atoms with Crippen molar-refractivity contribution >= 4 is 5.91 Å². The van der Waals surface area contributed by atoms with Crippen molar-refractivity contribution in [3.8, 4) is 5.75 Å². The van der Waals surface area contributed by atoms with Gasteiger partial charge in [-0.1, -0.05) is 18.6 Å². The third-order valence-corrected chi connectivity index (χ3v) is 7.22. The summed E-state index contributed by atoms with van der Waals surface area (Å²) in [5.41, 5.74) is 0.607. The summed E-state index contributed by atoms with van der Waals surface area (Å²) < 4.78 is 10.9. The molecular formula is C22H31NO3. The molecule has 1 aromatic carbocycles. The van der Waals surface area contributed by atoms with E-state index in [4.69, 9.17) is 9.47 Å². The third-order valence-electron chi connectivity index (χ3n) is 7.22. The number of carbonyl (C=O) groups is 1. The predicted molar refractivity (Wildman–Crippen MR) is 101 cm³/mol. The molecule has 0 radical (unpaired) electrons. The van der Waals surface area contributed by atoms with Gasteiger partial charge in [-0.15, -0.1) is 0 Å². The van der Waals surface area contributed by atoms with E-state index in [0.717, 1.165) is 36.0 Å². The van der Waals surface area contributed by atoms with E-state index in [9.17, 15) is 4.79 Å². The van der Waals surface area contributed by atoms with E-state index in [-0.39, 0.29) is 11.9 Å². The Morgan fingerprint density at radius 2 is 1.92 bits per heavy atom. The molecule has 1 aromatic rings. The van der Waals surface area contributed by atoms with Crippen LogP contribution in [0.2, 0.25) is 0 Å². The van der Waals surface area contributed by atoms with Crippen LogP contribution in [0, 0.1) is 17.8 Å². The fourth-order valence-electron chi connectivity index (χ4n) is 5.64. The molecule has 1 N–H and O–H groups in total. The van der Waals surface area contributed by atoms with E-state index in [1.54, 1.807) is 7.11 Å². The molecule has 2 saturated carbocycles. The number of amides is 1. The van der Waals surface area contributed by atoms with Crippen LogP contribution in [0.25, 0.3) is 0 Å². The van der Waals surface area contributed by atoms with Gasteiger partial charge in [-0.3, -0.25) is 4.79 Å². The van der Waals surface area contributed by atoms with Crippen LogP contribution in [0.3, 0.4) is 0 Å². The summed E-state index contributed by atoms with van der Waals surface area (Å²) in [6.45, 7) is 3.49. The van der Waals surface area contributed by atoms with E-state index in [1.165, 1.54) is 25.7 Å². The molecule has 2 bridgehead atoms. The highest BCUT2D eigenvalue weighted by atomic mass is 16.5. The maximum Gasteiger partial charge on any atom is 0.231 e. The Labute approximate surface area is 156 Å². The smallest absolute Gasteiger partial charge is 0.231 e. The van der Waals surface area contributed by atoms with Crippen LogP contribution in [-0.2, 0) is 14.9 Å². The Hall–Kier alpha value is -1.55. The molecule has 3 aliphatic rings. The minimum atomic E-state index is -0.476. The average molecular weight is 357 g/mol. The predicted octanol–water partition coefficient (Wildman–Crippen LogP) is 3.68. The second-order valence-corrected chi connectivity index (χ2v) is 8.52. The number of ether oxygens (including phenoxy) is 2. The molecule has 0 spiro atoms. The van der Waals surface area contributed by atoms with Crippen LogP contribution < -0.4 is 10.1 Å². The van der Waals surface area contributed by atoms with Crippen LogP contribution in [0.5, 0.6) is 5.75 Å². The van der Waals surface area contributed by atoms with Gasteiger partial charge >= 0.3 is 0 Å². The molecule has 2 aliphatic carbocycles. The van der Waals surface area contributed by atoms with Gasteiger partial charge < -0.3 is 14.8 Å². The quantitative estimate of drug-likeness (QED) is 0.874. The van der Waals surface area contributed by atoms with Gasteiger partial charge in [0.25, 0.3) is 0 Å².